The summed E-state index contributed by atoms with van der Waals surface area (Å²) >= 11 is 6.07. The summed E-state index contributed by atoms with van der Waals surface area (Å²) in [7, 11) is 0. The first-order valence-electron chi connectivity index (χ1n) is 7.25. The molecule has 1 N–H and O–H groups in total. The van der Waals surface area contributed by atoms with E-state index < -0.39 is 0 Å². The number of nitrogens with one attached hydrogen (secondary N) is 1. The molecule has 0 saturated carbocycles. The van der Waals surface area contributed by atoms with Gasteiger partial charge in [0.1, 0.15) is 5.75 Å². The Labute approximate surface area is 131 Å². The predicted octanol–water partition coefficient (Wildman–Crippen LogP) is 3.50. The van der Waals surface area contributed by atoms with Gasteiger partial charge in [0.2, 0.25) is 0 Å². The number of hydrogen-bond acceptors (Lipinski definition) is 3. The highest BCUT2D eigenvalue weighted by Crippen LogP contribution is 2.23. The number of nitrogens with zero attached hydrogens (tertiary/aromatic N) is 2. The van der Waals surface area contributed by atoms with E-state index in [1.54, 1.807) is 6.20 Å². The van der Waals surface area contributed by atoms with Crippen molar-refractivity contribution in [3.05, 3.63) is 47.5 Å². The smallest absolute Gasteiger partial charge is 0.123 e. The van der Waals surface area contributed by atoms with Gasteiger partial charge in [-0.3, -0.25) is 0 Å². The summed E-state index contributed by atoms with van der Waals surface area (Å²) in [5.74, 6) is 0.901. The summed E-state index contributed by atoms with van der Waals surface area (Å²) in [6.07, 6.45) is 6.51. The fourth-order valence-electron chi connectivity index (χ4n) is 1.99. The van der Waals surface area contributed by atoms with Gasteiger partial charge in [0.15, 0.2) is 0 Å². The minimum Gasteiger partial charge on any atom is -0.493 e. The van der Waals surface area contributed by atoms with Crippen LogP contribution in [-0.4, -0.2) is 22.2 Å². The zero-order valence-corrected chi connectivity index (χ0v) is 13.3. The molecular formula is C16H22ClN3O. The van der Waals surface area contributed by atoms with E-state index in [2.05, 4.69) is 24.1 Å². The van der Waals surface area contributed by atoms with E-state index in [1.807, 2.05) is 35.3 Å². The number of hydrogen-bond donors (Lipinski definition) is 1. The van der Waals surface area contributed by atoms with E-state index in [-0.39, 0.29) is 0 Å². The van der Waals surface area contributed by atoms with E-state index in [0.29, 0.717) is 12.6 Å². The molecule has 1 aromatic carbocycles. The third-order valence-electron chi connectivity index (χ3n) is 3.10. The zero-order valence-electron chi connectivity index (χ0n) is 12.6. The number of aromatic nitrogens is 2. The van der Waals surface area contributed by atoms with Crippen LogP contribution in [0.25, 0.3) is 0 Å². The zero-order chi connectivity index (χ0) is 15.1. The summed E-state index contributed by atoms with van der Waals surface area (Å²) in [5, 5.41) is 4.13. The minimum atomic E-state index is 0.429. The Morgan fingerprint density at radius 2 is 2.24 bits per heavy atom. The summed E-state index contributed by atoms with van der Waals surface area (Å²) in [6.45, 7) is 6.59. The molecule has 0 atom stereocenters. The average Bonchev–Trinajstić information content (AvgIpc) is 2.96. The number of imidazole rings is 1. The quantitative estimate of drug-likeness (QED) is 0.759. The fraction of sp³-hybridized carbons (Fsp3) is 0.438. The van der Waals surface area contributed by atoms with E-state index in [1.165, 1.54) is 0 Å². The molecule has 0 spiro atoms. The summed E-state index contributed by atoms with van der Waals surface area (Å²) in [4.78, 5) is 4.02. The van der Waals surface area contributed by atoms with Crippen molar-refractivity contribution in [1.82, 2.24) is 14.9 Å². The van der Waals surface area contributed by atoms with Gasteiger partial charge in [0, 0.05) is 42.1 Å². The minimum absolute atomic E-state index is 0.429. The lowest BCUT2D eigenvalue weighted by atomic mass is 10.2. The van der Waals surface area contributed by atoms with Crippen LogP contribution in [0.1, 0.15) is 25.8 Å². The van der Waals surface area contributed by atoms with Crippen LogP contribution < -0.4 is 10.1 Å². The molecule has 21 heavy (non-hydrogen) atoms. The third-order valence-corrected chi connectivity index (χ3v) is 3.34. The van der Waals surface area contributed by atoms with Crippen molar-refractivity contribution in [3.8, 4) is 5.75 Å². The van der Waals surface area contributed by atoms with E-state index in [0.717, 1.165) is 35.8 Å². The topological polar surface area (TPSA) is 39.1 Å². The SMILES string of the molecule is CC(C)NCc1cc(Cl)ccc1OCCCn1ccnc1. The van der Waals surface area contributed by atoms with Crippen molar-refractivity contribution in [2.75, 3.05) is 6.61 Å². The van der Waals surface area contributed by atoms with Gasteiger partial charge in [0.05, 0.1) is 12.9 Å². The normalized spacial score (nSPS) is 11.0. The molecule has 0 amide bonds. The van der Waals surface area contributed by atoms with Crippen LogP contribution >= 0.6 is 11.6 Å². The molecule has 0 bridgehead atoms. The van der Waals surface area contributed by atoms with Gasteiger partial charge < -0.3 is 14.6 Å². The number of rotatable bonds is 8. The first-order valence-corrected chi connectivity index (χ1v) is 7.63. The Bertz CT molecular complexity index is 540. The highest BCUT2D eigenvalue weighted by molar-refractivity contribution is 6.30. The van der Waals surface area contributed by atoms with Crippen molar-refractivity contribution >= 4 is 11.6 Å². The second kappa shape index (κ2) is 8.05. The lowest BCUT2D eigenvalue weighted by Crippen LogP contribution is -2.22. The summed E-state index contributed by atoms with van der Waals surface area (Å²) in [5.41, 5.74) is 1.10. The second-order valence-corrected chi connectivity index (χ2v) is 5.73. The van der Waals surface area contributed by atoms with E-state index in [4.69, 9.17) is 16.3 Å². The highest BCUT2D eigenvalue weighted by Gasteiger charge is 2.06. The largest absolute Gasteiger partial charge is 0.493 e. The summed E-state index contributed by atoms with van der Waals surface area (Å²) in [6, 6.07) is 6.20. The van der Waals surface area contributed by atoms with Crippen LogP contribution in [0, 0.1) is 0 Å². The predicted molar refractivity (Wildman–Crippen MR) is 85.8 cm³/mol. The first kappa shape index (κ1) is 15.9. The van der Waals surface area contributed by atoms with Crippen molar-refractivity contribution < 1.29 is 4.74 Å². The number of aryl methyl sites for hydroxylation is 1. The van der Waals surface area contributed by atoms with Crippen molar-refractivity contribution in [3.63, 3.8) is 0 Å². The molecule has 0 fully saturated rings. The molecule has 4 nitrogen and oxygen atoms in total. The molecular weight excluding hydrogens is 286 g/mol. The van der Waals surface area contributed by atoms with E-state index in [9.17, 15) is 0 Å². The third kappa shape index (κ3) is 5.40. The molecule has 0 saturated heterocycles. The van der Waals surface area contributed by atoms with Crippen LogP contribution in [0.3, 0.4) is 0 Å². The molecule has 0 unspecified atom stereocenters. The number of ether oxygens (including phenoxy) is 1. The molecule has 0 aliphatic carbocycles. The molecule has 1 aromatic heterocycles. The maximum absolute atomic E-state index is 6.07. The fourth-order valence-corrected chi connectivity index (χ4v) is 2.18. The Hall–Kier alpha value is -1.52. The first-order chi connectivity index (χ1) is 10.1. The molecule has 114 valence electrons. The van der Waals surface area contributed by atoms with Crippen LogP contribution in [0.5, 0.6) is 5.75 Å². The highest BCUT2D eigenvalue weighted by atomic mass is 35.5. The lowest BCUT2D eigenvalue weighted by molar-refractivity contribution is 0.298. The molecule has 5 heteroatoms. The van der Waals surface area contributed by atoms with Crippen molar-refractivity contribution in [1.29, 1.82) is 0 Å². The molecule has 1 heterocycles. The van der Waals surface area contributed by atoms with E-state index >= 15 is 0 Å². The number of halogens is 1. The average molecular weight is 308 g/mol. The van der Waals surface area contributed by atoms with Gasteiger partial charge >= 0.3 is 0 Å². The van der Waals surface area contributed by atoms with Gasteiger partial charge in [-0.1, -0.05) is 25.4 Å². The molecule has 2 aromatic rings. The molecule has 0 aliphatic heterocycles. The monoisotopic (exact) mass is 307 g/mol. The molecule has 0 radical (unpaired) electrons. The maximum atomic E-state index is 6.07. The number of benzene rings is 1. The van der Waals surface area contributed by atoms with Gasteiger partial charge in [-0.2, -0.15) is 0 Å². The maximum Gasteiger partial charge on any atom is 0.123 e. The Morgan fingerprint density at radius 3 is 2.95 bits per heavy atom. The van der Waals surface area contributed by atoms with Crippen LogP contribution in [-0.2, 0) is 13.1 Å². The Kier molecular flexibility index (Phi) is 6.08. The van der Waals surface area contributed by atoms with Crippen LogP contribution in [0.2, 0.25) is 5.02 Å². The summed E-state index contributed by atoms with van der Waals surface area (Å²) < 4.78 is 7.94. The standard InChI is InChI=1S/C16H22ClN3O/c1-13(2)19-11-14-10-15(17)4-5-16(14)21-9-3-7-20-8-6-18-12-20/h4-6,8,10,12-13,19H,3,7,9,11H2,1-2H3. The lowest BCUT2D eigenvalue weighted by Gasteiger charge is -2.14. The van der Waals surface area contributed by atoms with Gasteiger partial charge in [0.25, 0.3) is 0 Å². The second-order valence-electron chi connectivity index (χ2n) is 5.29. The molecule has 0 aliphatic rings. The van der Waals surface area contributed by atoms with Crippen LogP contribution in [0.4, 0.5) is 0 Å². The molecule has 2 rings (SSSR count). The van der Waals surface area contributed by atoms with Crippen molar-refractivity contribution in [2.45, 2.75) is 39.4 Å². The van der Waals surface area contributed by atoms with Gasteiger partial charge in [-0.25, -0.2) is 4.98 Å². The Morgan fingerprint density at radius 1 is 1.38 bits per heavy atom. The Balaban J connectivity index is 1.86. The van der Waals surface area contributed by atoms with Crippen molar-refractivity contribution in [2.24, 2.45) is 0 Å². The van der Waals surface area contributed by atoms with Gasteiger partial charge in [-0.15, -0.1) is 0 Å². The van der Waals surface area contributed by atoms with Gasteiger partial charge in [-0.05, 0) is 24.6 Å². The van der Waals surface area contributed by atoms with Crippen LogP contribution in [0.15, 0.2) is 36.9 Å².